The number of amides is 1. The lowest BCUT2D eigenvalue weighted by Crippen LogP contribution is -2.14. The first kappa shape index (κ1) is 23.6. The van der Waals surface area contributed by atoms with Crippen LogP contribution in [-0.4, -0.2) is 22.1 Å². The minimum Gasteiger partial charge on any atom is -0.448 e. The van der Waals surface area contributed by atoms with Crippen LogP contribution in [0.2, 0.25) is 5.02 Å². The van der Waals surface area contributed by atoms with Gasteiger partial charge in [0.15, 0.2) is 10.2 Å². The SMILES string of the molecule is Cc1cc(=O)[nH]c(Sc2ccc(C=Nc3sc4c(c3C(=O)Nc3ccc(Cl)cc3)CCCC4)o2)n1. The number of benzene rings is 1. The standard InChI is InChI=1S/C25H21ClN4O3S2/c1-14-12-20(31)30-25(28-14)35-21-11-10-17(33-21)13-27-24-22(18-4-2-3-5-19(18)34-24)23(32)29-16-8-6-15(26)7-9-16/h6-13H,2-5H2,1H3,(H,29,32)(H,28,30,31). The molecule has 0 radical (unpaired) electrons. The average Bonchev–Trinajstić information content (AvgIpc) is 3.42. The maximum atomic E-state index is 13.3. The summed E-state index contributed by atoms with van der Waals surface area (Å²) in [6.45, 7) is 1.76. The van der Waals surface area contributed by atoms with Crippen LogP contribution >= 0.6 is 34.7 Å². The van der Waals surface area contributed by atoms with E-state index in [1.807, 2.05) is 0 Å². The molecule has 7 nitrogen and oxygen atoms in total. The average molecular weight is 525 g/mol. The lowest BCUT2D eigenvalue weighted by Gasteiger charge is -2.12. The van der Waals surface area contributed by atoms with E-state index < -0.39 is 0 Å². The molecule has 5 rings (SSSR count). The van der Waals surface area contributed by atoms with Crippen LogP contribution in [0, 0.1) is 6.92 Å². The number of hydrogen-bond acceptors (Lipinski definition) is 7. The van der Waals surface area contributed by atoms with Gasteiger partial charge in [-0.15, -0.1) is 11.3 Å². The molecule has 0 saturated heterocycles. The van der Waals surface area contributed by atoms with Crippen molar-refractivity contribution in [1.82, 2.24) is 9.97 Å². The van der Waals surface area contributed by atoms with Gasteiger partial charge in [-0.3, -0.25) is 9.59 Å². The number of nitrogens with zero attached hydrogens (tertiary/aromatic N) is 2. The van der Waals surface area contributed by atoms with Crippen LogP contribution in [0.4, 0.5) is 10.7 Å². The third kappa shape index (κ3) is 5.58. The molecule has 0 fully saturated rings. The summed E-state index contributed by atoms with van der Waals surface area (Å²) in [7, 11) is 0. The predicted molar refractivity (Wildman–Crippen MR) is 140 cm³/mol. The quantitative estimate of drug-likeness (QED) is 0.224. The maximum Gasteiger partial charge on any atom is 0.259 e. The van der Waals surface area contributed by atoms with Crippen LogP contribution in [0.15, 0.2) is 66.9 Å². The van der Waals surface area contributed by atoms with E-state index in [4.69, 9.17) is 16.0 Å². The third-order valence-corrected chi connectivity index (χ3v) is 7.70. The highest BCUT2D eigenvalue weighted by Crippen LogP contribution is 2.40. The number of aromatic nitrogens is 2. The van der Waals surface area contributed by atoms with Gasteiger partial charge in [0.05, 0.1) is 11.8 Å². The largest absolute Gasteiger partial charge is 0.448 e. The molecule has 0 saturated carbocycles. The molecule has 0 atom stereocenters. The van der Waals surface area contributed by atoms with Crippen molar-refractivity contribution >= 4 is 57.5 Å². The Hall–Kier alpha value is -3.14. The highest BCUT2D eigenvalue weighted by molar-refractivity contribution is 7.99. The topological polar surface area (TPSA) is 100 Å². The molecule has 2 N–H and O–H groups in total. The Bertz CT molecular complexity index is 1470. The fourth-order valence-corrected chi connectivity index (χ4v) is 6.04. The van der Waals surface area contributed by atoms with Gasteiger partial charge in [0.2, 0.25) is 0 Å². The maximum absolute atomic E-state index is 13.3. The molecule has 3 heterocycles. The van der Waals surface area contributed by atoms with Crippen LogP contribution < -0.4 is 10.9 Å². The first-order valence-electron chi connectivity index (χ1n) is 11.1. The van der Waals surface area contributed by atoms with Gasteiger partial charge >= 0.3 is 0 Å². The summed E-state index contributed by atoms with van der Waals surface area (Å²) in [4.78, 5) is 37.8. The Morgan fingerprint density at radius 2 is 2.03 bits per heavy atom. The number of H-pyrrole nitrogens is 1. The first-order valence-corrected chi connectivity index (χ1v) is 13.1. The number of aromatic amines is 1. The first-order chi connectivity index (χ1) is 16.9. The normalized spacial score (nSPS) is 13.2. The zero-order valence-electron chi connectivity index (χ0n) is 18.8. The van der Waals surface area contributed by atoms with E-state index in [1.54, 1.807) is 60.9 Å². The van der Waals surface area contributed by atoms with E-state index in [-0.39, 0.29) is 11.5 Å². The number of anilines is 1. The Morgan fingerprint density at radius 1 is 1.23 bits per heavy atom. The third-order valence-electron chi connectivity index (χ3n) is 5.44. The van der Waals surface area contributed by atoms with Crippen molar-refractivity contribution in [2.45, 2.75) is 42.9 Å². The summed E-state index contributed by atoms with van der Waals surface area (Å²) in [5.41, 5.74) is 2.82. The Morgan fingerprint density at radius 3 is 2.83 bits per heavy atom. The second-order valence-electron chi connectivity index (χ2n) is 8.06. The second-order valence-corrected chi connectivity index (χ2v) is 10.6. The van der Waals surface area contributed by atoms with E-state index in [0.717, 1.165) is 31.2 Å². The van der Waals surface area contributed by atoms with Gasteiger partial charge in [-0.1, -0.05) is 11.6 Å². The number of furan rings is 1. The van der Waals surface area contributed by atoms with Crippen LogP contribution in [0.25, 0.3) is 0 Å². The van der Waals surface area contributed by atoms with E-state index in [9.17, 15) is 9.59 Å². The summed E-state index contributed by atoms with van der Waals surface area (Å²) in [5.74, 6) is 0.363. The number of hydrogen-bond donors (Lipinski definition) is 2. The molecule has 0 bridgehead atoms. The zero-order valence-corrected chi connectivity index (χ0v) is 21.1. The highest BCUT2D eigenvalue weighted by atomic mass is 35.5. The molecule has 0 aliphatic heterocycles. The van der Waals surface area contributed by atoms with Crippen molar-refractivity contribution in [1.29, 1.82) is 0 Å². The van der Waals surface area contributed by atoms with Gasteiger partial charge in [-0.25, -0.2) is 9.98 Å². The van der Waals surface area contributed by atoms with Crippen molar-refractivity contribution in [3.63, 3.8) is 0 Å². The molecular formula is C25H21ClN4O3S2. The molecule has 0 unspecified atom stereocenters. The number of aryl methyl sites for hydroxylation is 2. The van der Waals surface area contributed by atoms with E-state index in [0.29, 0.717) is 43.0 Å². The van der Waals surface area contributed by atoms with Crippen molar-refractivity contribution in [2.75, 3.05) is 5.32 Å². The van der Waals surface area contributed by atoms with Crippen molar-refractivity contribution in [3.05, 3.63) is 85.3 Å². The fraction of sp³-hybridized carbons (Fsp3) is 0.200. The minimum absolute atomic E-state index is 0.177. The number of aliphatic imine (C=N–C) groups is 1. The van der Waals surface area contributed by atoms with Gasteiger partial charge in [0, 0.05) is 27.3 Å². The molecule has 4 aromatic rings. The van der Waals surface area contributed by atoms with Crippen LogP contribution in [-0.2, 0) is 12.8 Å². The molecule has 178 valence electrons. The summed E-state index contributed by atoms with van der Waals surface area (Å²) in [6.07, 6.45) is 5.62. The minimum atomic E-state index is -0.209. The summed E-state index contributed by atoms with van der Waals surface area (Å²) >= 11 is 8.75. The molecule has 1 aliphatic carbocycles. The van der Waals surface area contributed by atoms with Crippen molar-refractivity contribution < 1.29 is 9.21 Å². The molecular weight excluding hydrogens is 504 g/mol. The van der Waals surface area contributed by atoms with E-state index >= 15 is 0 Å². The zero-order chi connectivity index (χ0) is 24.4. The number of thiophene rings is 1. The van der Waals surface area contributed by atoms with Crippen LogP contribution in [0.3, 0.4) is 0 Å². The number of halogens is 1. The number of rotatable bonds is 6. The molecule has 1 aliphatic rings. The van der Waals surface area contributed by atoms with Gasteiger partial charge in [-0.05, 0) is 86.3 Å². The van der Waals surface area contributed by atoms with Gasteiger partial charge < -0.3 is 14.7 Å². The lowest BCUT2D eigenvalue weighted by molar-refractivity contribution is 0.102. The fourth-order valence-electron chi connectivity index (χ4n) is 3.88. The van der Waals surface area contributed by atoms with Crippen molar-refractivity contribution in [3.8, 4) is 0 Å². The lowest BCUT2D eigenvalue weighted by atomic mass is 9.95. The van der Waals surface area contributed by atoms with Crippen LogP contribution in [0.1, 0.15) is 45.1 Å². The van der Waals surface area contributed by atoms with Gasteiger partial charge in [0.25, 0.3) is 11.5 Å². The smallest absolute Gasteiger partial charge is 0.259 e. The van der Waals surface area contributed by atoms with Gasteiger partial charge in [0.1, 0.15) is 10.8 Å². The number of nitrogens with one attached hydrogen (secondary N) is 2. The highest BCUT2D eigenvalue weighted by Gasteiger charge is 2.25. The molecule has 1 aromatic carbocycles. The summed E-state index contributed by atoms with van der Waals surface area (Å²) in [6, 6.07) is 12.1. The Labute approximate surface area is 214 Å². The van der Waals surface area contributed by atoms with Crippen molar-refractivity contribution in [2.24, 2.45) is 4.99 Å². The number of fused-ring (bicyclic) bond motifs is 1. The molecule has 35 heavy (non-hydrogen) atoms. The second kappa shape index (κ2) is 10.2. The Kier molecular flexibility index (Phi) is 6.90. The van der Waals surface area contributed by atoms with Gasteiger partial charge in [-0.2, -0.15) is 0 Å². The summed E-state index contributed by atoms with van der Waals surface area (Å²) in [5, 5.41) is 5.28. The molecule has 10 heteroatoms. The van der Waals surface area contributed by atoms with E-state index in [1.165, 1.54) is 22.7 Å². The Balaban J connectivity index is 1.38. The monoisotopic (exact) mass is 524 g/mol. The molecule has 0 spiro atoms. The number of carbonyl (C=O) groups is 1. The predicted octanol–water partition coefficient (Wildman–Crippen LogP) is 6.42. The van der Waals surface area contributed by atoms with E-state index in [2.05, 4.69) is 20.3 Å². The summed E-state index contributed by atoms with van der Waals surface area (Å²) < 4.78 is 5.84. The number of carbonyl (C=O) groups excluding carboxylic acids is 1. The molecule has 1 amide bonds. The molecule has 3 aromatic heterocycles. The van der Waals surface area contributed by atoms with Crippen LogP contribution in [0.5, 0.6) is 0 Å².